The Hall–Kier alpha value is -3.69. The van der Waals surface area contributed by atoms with Crippen molar-refractivity contribution in [3.63, 3.8) is 0 Å². The van der Waals surface area contributed by atoms with Gasteiger partial charge in [0.15, 0.2) is 0 Å². The minimum atomic E-state index is -0.988. The first-order valence-electron chi connectivity index (χ1n) is 12.4. The van der Waals surface area contributed by atoms with Gasteiger partial charge in [-0.2, -0.15) is 4.39 Å². The van der Waals surface area contributed by atoms with Crippen LogP contribution in [-0.2, 0) is 6.42 Å². The fourth-order valence-electron chi connectivity index (χ4n) is 4.33. The molecule has 8 nitrogen and oxygen atoms in total. The second kappa shape index (κ2) is 11.6. The summed E-state index contributed by atoms with van der Waals surface area (Å²) in [7, 11) is 0. The monoisotopic (exact) mass is 505 g/mol. The number of H-pyrrole nitrogens is 1. The third kappa shape index (κ3) is 7.41. The number of hydrogen-bond donors (Lipinski definition) is 4. The number of carbonyl (C=O) groups is 1. The number of amides is 1. The molecular weight excluding hydrogens is 473 g/mol. The normalized spacial score (nSPS) is 14.3. The predicted molar refractivity (Wildman–Crippen MR) is 138 cm³/mol. The molecule has 9 heteroatoms. The van der Waals surface area contributed by atoms with E-state index < -0.39 is 29.6 Å². The van der Waals surface area contributed by atoms with Crippen molar-refractivity contribution in [2.75, 3.05) is 0 Å². The molecule has 3 atom stereocenters. The van der Waals surface area contributed by atoms with Crippen LogP contribution < -0.4 is 5.32 Å². The lowest BCUT2D eigenvalue weighted by molar-refractivity contribution is 0.0593. The summed E-state index contributed by atoms with van der Waals surface area (Å²) in [6, 6.07) is 16.2. The molecule has 0 spiro atoms. The van der Waals surface area contributed by atoms with Crippen molar-refractivity contribution >= 4 is 16.9 Å². The number of para-hydroxylation sites is 2. The maximum Gasteiger partial charge on any atom is 0.271 e. The van der Waals surface area contributed by atoms with Crippen LogP contribution in [0, 0.1) is 5.95 Å². The first-order valence-corrected chi connectivity index (χ1v) is 12.4. The Balaban J connectivity index is 1.56. The van der Waals surface area contributed by atoms with Crippen LogP contribution in [0.15, 0.2) is 67.0 Å². The number of halogens is 1. The van der Waals surface area contributed by atoms with Crippen molar-refractivity contribution in [3.8, 4) is 0 Å². The van der Waals surface area contributed by atoms with E-state index in [1.165, 1.54) is 6.20 Å². The molecule has 0 aliphatic rings. The molecule has 0 saturated carbocycles. The van der Waals surface area contributed by atoms with Gasteiger partial charge in [-0.3, -0.25) is 9.78 Å². The first-order chi connectivity index (χ1) is 17.7. The Morgan fingerprint density at radius 1 is 1.05 bits per heavy atom. The van der Waals surface area contributed by atoms with E-state index in [0.29, 0.717) is 36.1 Å². The quantitative estimate of drug-likeness (QED) is 0.245. The first kappa shape index (κ1) is 26.4. The van der Waals surface area contributed by atoms with E-state index in [9.17, 15) is 19.4 Å². The molecule has 0 radical (unpaired) electrons. The van der Waals surface area contributed by atoms with Gasteiger partial charge in [0.05, 0.1) is 41.2 Å². The lowest BCUT2D eigenvalue weighted by Crippen LogP contribution is -2.45. The number of aliphatic hydroxyl groups is 2. The van der Waals surface area contributed by atoms with Crippen molar-refractivity contribution < 1.29 is 19.4 Å². The molecule has 4 rings (SSSR count). The van der Waals surface area contributed by atoms with Gasteiger partial charge in [0, 0.05) is 5.92 Å². The Kier molecular flexibility index (Phi) is 8.25. The fraction of sp³-hybridized carbons (Fsp3) is 0.357. The minimum absolute atomic E-state index is 0.149. The van der Waals surface area contributed by atoms with Crippen LogP contribution in [0.2, 0.25) is 0 Å². The Morgan fingerprint density at radius 3 is 2.43 bits per heavy atom. The summed E-state index contributed by atoms with van der Waals surface area (Å²) in [5.41, 5.74) is 1.44. The van der Waals surface area contributed by atoms with E-state index in [-0.39, 0.29) is 18.0 Å². The highest BCUT2D eigenvalue weighted by atomic mass is 19.1. The molecule has 0 aliphatic carbocycles. The van der Waals surface area contributed by atoms with Gasteiger partial charge in [-0.1, -0.05) is 42.5 Å². The number of fused-ring (bicyclic) bond motifs is 1. The van der Waals surface area contributed by atoms with Gasteiger partial charge in [-0.05, 0) is 57.2 Å². The molecule has 194 valence electrons. The third-order valence-electron chi connectivity index (χ3n) is 6.34. The fourth-order valence-corrected chi connectivity index (χ4v) is 4.33. The number of hydrogen-bond acceptors (Lipinski definition) is 6. The summed E-state index contributed by atoms with van der Waals surface area (Å²) in [5, 5.41) is 24.5. The zero-order chi connectivity index (χ0) is 26.4. The molecule has 0 aliphatic heterocycles. The summed E-state index contributed by atoms with van der Waals surface area (Å²) >= 11 is 0. The highest BCUT2D eigenvalue weighted by molar-refractivity contribution is 5.94. The van der Waals surface area contributed by atoms with Crippen LogP contribution in [0.5, 0.6) is 0 Å². The average molecular weight is 506 g/mol. The van der Waals surface area contributed by atoms with Gasteiger partial charge in [0.2, 0.25) is 5.95 Å². The number of nitrogens with zero attached hydrogens (tertiary/aromatic N) is 3. The molecule has 0 fully saturated rings. The zero-order valence-electron chi connectivity index (χ0n) is 20.9. The molecule has 2 aromatic heterocycles. The Morgan fingerprint density at radius 2 is 1.76 bits per heavy atom. The molecule has 4 aromatic rings. The summed E-state index contributed by atoms with van der Waals surface area (Å²) in [5.74, 6) is -0.982. The number of imidazole rings is 1. The maximum atomic E-state index is 13.7. The summed E-state index contributed by atoms with van der Waals surface area (Å²) in [6.45, 7) is 3.40. The number of benzene rings is 2. The van der Waals surface area contributed by atoms with E-state index in [1.807, 2.05) is 48.5 Å². The van der Waals surface area contributed by atoms with Crippen molar-refractivity contribution in [2.45, 2.75) is 63.2 Å². The van der Waals surface area contributed by atoms with Crippen LogP contribution in [0.3, 0.4) is 0 Å². The Bertz CT molecular complexity index is 1320. The number of aromatic nitrogens is 4. The number of carbonyl (C=O) groups excluding carboxylic acids is 1. The topological polar surface area (TPSA) is 124 Å². The van der Waals surface area contributed by atoms with Crippen LogP contribution in [0.25, 0.3) is 11.0 Å². The second-order valence-electron chi connectivity index (χ2n) is 9.98. The highest BCUT2D eigenvalue weighted by Crippen LogP contribution is 2.29. The maximum absolute atomic E-state index is 13.7. The number of aromatic amines is 1. The number of rotatable bonds is 11. The van der Waals surface area contributed by atoms with E-state index in [4.69, 9.17) is 0 Å². The zero-order valence-corrected chi connectivity index (χ0v) is 20.9. The summed E-state index contributed by atoms with van der Waals surface area (Å²) in [6.07, 6.45) is 2.99. The van der Waals surface area contributed by atoms with Gasteiger partial charge in [0.1, 0.15) is 11.5 Å². The Labute approximate surface area is 215 Å². The van der Waals surface area contributed by atoms with Crippen molar-refractivity contribution in [1.29, 1.82) is 0 Å². The van der Waals surface area contributed by atoms with E-state index >= 15 is 0 Å². The lowest BCUT2D eigenvalue weighted by atomic mass is 9.87. The predicted octanol–water partition coefficient (Wildman–Crippen LogP) is 3.92. The van der Waals surface area contributed by atoms with Crippen LogP contribution >= 0.6 is 0 Å². The van der Waals surface area contributed by atoms with Gasteiger partial charge < -0.3 is 20.5 Å². The van der Waals surface area contributed by atoms with E-state index in [1.54, 1.807) is 19.9 Å². The van der Waals surface area contributed by atoms with Gasteiger partial charge >= 0.3 is 0 Å². The number of aliphatic hydroxyl groups excluding tert-OH is 1. The smallest absolute Gasteiger partial charge is 0.271 e. The van der Waals surface area contributed by atoms with Gasteiger partial charge in [-0.25, -0.2) is 9.97 Å². The lowest BCUT2D eigenvalue weighted by Gasteiger charge is -2.28. The van der Waals surface area contributed by atoms with Gasteiger partial charge in [-0.15, -0.1) is 0 Å². The molecule has 0 saturated heterocycles. The minimum Gasteiger partial charge on any atom is -0.391 e. The van der Waals surface area contributed by atoms with Crippen LogP contribution in [-0.4, -0.2) is 53.8 Å². The molecular formula is C28H32FN5O3. The molecule has 2 heterocycles. The molecule has 0 bridgehead atoms. The molecule has 1 amide bonds. The summed E-state index contributed by atoms with van der Waals surface area (Å²) in [4.78, 5) is 28.7. The van der Waals surface area contributed by atoms with Crippen LogP contribution in [0.4, 0.5) is 4.39 Å². The summed E-state index contributed by atoms with van der Waals surface area (Å²) < 4.78 is 13.7. The standard InChI is InChI=1S/C28H32FN5O3/c1-28(2,37)13-12-19(26-31-17-25(29)34-26)15-24(35)22(14-18-8-4-3-5-9-18)33-27(36)23-16-30-20-10-6-7-11-21(20)32-23/h3-11,16-17,19,22,24,35,37H,12-15H2,1-2H3,(H,31,34)(H,33,36)/t19-,22-,24-/m0/s1. The van der Waals surface area contributed by atoms with E-state index in [2.05, 4.69) is 25.3 Å². The highest BCUT2D eigenvalue weighted by Gasteiger charge is 2.29. The SMILES string of the molecule is CC(C)(O)CC[C@@H](C[C@H](O)[C@H](Cc1ccccc1)NC(=O)c1cnc2ccccc2n1)c1ncc(F)[nH]1. The van der Waals surface area contributed by atoms with Crippen molar-refractivity contribution in [3.05, 3.63) is 90.0 Å². The van der Waals surface area contributed by atoms with Crippen molar-refractivity contribution in [2.24, 2.45) is 0 Å². The van der Waals surface area contributed by atoms with Gasteiger partial charge in [0.25, 0.3) is 5.91 Å². The second-order valence-corrected chi connectivity index (χ2v) is 9.98. The number of nitrogens with one attached hydrogen (secondary N) is 2. The third-order valence-corrected chi connectivity index (χ3v) is 6.34. The molecule has 37 heavy (non-hydrogen) atoms. The van der Waals surface area contributed by atoms with Crippen molar-refractivity contribution in [1.82, 2.24) is 25.3 Å². The molecule has 2 aromatic carbocycles. The van der Waals surface area contributed by atoms with E-state index in [0.717, 1.165) is 11.8 Å². The average Bonchev–Trinajstić information content (AvgIpc) is 3.31. The molecule has 4 N–H and O–H groups in total. The van der Waals surface area contributed by atoms with Crippen LogP contribution in [0.1, 0.15) is 60.9 Å². The largest absolute Gasteiger partial charge is 0.391 e. The molecule has 0 unspecified atom stereocenters.